The number of carbonyl (C=O) groups is 1. The van der Waals surface area contributed by atoms with E-state index in [4.69, 9.17) is 0 Å². The number of thioether (sulfide) groups is 1. The number of nitrogens with one attached hydrogen (secondary N) is 1. The van der Waals surface area contributed by atoms with Crippen molar-refractivity contribution in [3.63, 3.8) is 0 Å². The highest BCUT2D eigenvalue weighted by Crippen LogP contribution is 2.28. The summed E-state index contributed by atoms with van der Waals surface area (Å²) in [5.74, 6) is 0.611. The molecule has 0 radical (unpaired) electrons. The Kier molecular flexibility index (Phi) is 4.11. The second-order valence-electron chi connectivity index (χ2n) is 5.23. The van der Waals surface area contributed by atoms with Crippen molar-refractivity contribution < 1.29 is 4.79 Å². The smallest absolute Gasteiger partial charge is 0.289 e. The molecule has 0 unspecified atom stereocenters. The lowest BCUT2D eigenvalue weighted by Crippen LogP contribution is -2.18. The topological polar surface area (TPSA) is 41.5 Å². The van der Waals surface area contributed by atoms with E-state index >= 15 is 0 Å². The van der Waals surface area contributed by atoms with Crippen LogP contribution in [0.25, 0.3) is 6.08 Å². The van der Waals surface area contributed by atoms with Crippen LogP contribution in [0.4, 0.5) is 10.5 Å². The zero-order chi connectivity index (χ0) is 15.5. The maximum atomic E-state index is 11.7. The first kappa shape index (κ1) is 14.6. The molecule has 1 fully saturated rings. The molecule has 1 aliphatic heterocycles. The van der Waals surface area contributed by atoms with Crippen LogP contribution in [0.3, 0.4) is 0 Å². The van der Waals surface area contributed by atoms with Gasteiger partial charge in [-0.25, -0.2) is 4.99 Å². The maximum absolute atomic E-state index is 11.7. The molecule has 3 rings (SSSR count). The molecule has 0 saturated carbocycles. The fraction of sp³-hybridized carbons (Fsp3) is 0.111. The van der Waals surface area contributed by atoms with Crippen LogP contribution in [0, 0.1) is 13.8 Å². The zero-order valence-corrected chi connectivity index (χ0v) is 13.3. The summed E-state index contributed by atoms with van der Waals surface area (Å²) in [5, 5.41) is 2.71. The van der Waals surface area contributed by atoms with Gasteiger partial charge in [-0.2, -0.15) is 0 Å². The molecule has 1 amide bonds. The van der Waals surface area contributed by atoms with Crippen LogP contribution >= 0.6 is 11.8 Å². The molecule has 0 atom stereocenters. The second kappa shape index (κ2) is 6.20. The van der Waals surface area contributed by atoms with Gasteiger partial charge in [-0.05, 0) is 49.4 Å². The minimum Gasteiger partial charge on any atom is -0.300 e. The van der Waals surface area contributed by atoms with Gasteiger partial charge in [0.25, 0.3) is 5.24 Å². The first-order valence-corrected chi connectivity index (χ1v) is 7.85. The van der Waals surface area contributed by atoms with E-state index in [2.05, 4.69) is 29.4 Å². The van der Waals surface area contributed by atoms with Crippen molar-refractivity contribution in [3.8, 4) is 0 Å². The van der Waals surface area contributed by atoms with E-state index < -0.39 is 0 Å². The molecular weight excluding hydrogens is 292 g/mol. The van der Waals surface area contributed by atoms with Crippen molar-refractivity contribution in [1.82, 2.24) is 5.32 Å². The van der Waals surface area contributed by atoms with Crippen LogP contribution in [0.2, 0.25) is 0 Å². The van der Waals surface area contributed by atoms with Gasteiger partial charge in [-0.1, -0.05) is 47.5 Å². The molecule has 2 aromatic carbocycles. The summed E-state index contributed by atoms with van der Waals surface area (Å²) in [4.78, 5) is 17.1. The Balaban J connectivity index is 1.93. The number of carbonyl (C=O) groups excluding carboxylic acids is 1. The van der Waals surface area contributed by atoms with E-state index in [9.17, 15) is 4.79 Å². The van der Waals surface area contributed by atoms with E-state index in [1.165, 1.54) is 22.9 Å². The van der Waals surface area contributed by atoms with E-state index in [-0.39, 0.29) is 5.24 Å². The van der Waals surface area contributed by atoms with Crippen LogP contribution in [0.1, 0.15) is 16.7 Å². The van der Waals surface area contributed by atoms with Gasteiger partial charge in [-0.15, -0.1) is 0 Å². The zero-order valence-electron chi connectivity index (χ0n) is 12.5. The molecule has 4 heteroatoms. The molecule has 0 spiro atoms. The number of rotatable bonds is 2. The lowest BCUT2D eigenvalue weighted by molar-refractivity contribution is 0.265. The molecule has 0 bridgehead atoms. The molecule has 1 saturated heterocycles. The third kappa shape index (κ3) is 3.46. The van der Waals surface area contributed by atoms with Crippen molar-refractivity contribution in [3.05, 3.63) is 70.1 Å². The highest BCUT2D eigenvalue weighted by molar-refractivity contribution is 8.18. The molecule has 2 aromatic rings. The predicted molar refractivity (Wildman–Crippen MR) is 93.6 cm³/mol. The summed E-state index contributed by atoms with van der Waals surface area (Å²) >= 11 is 1.18. The number of hydrogen-bond donors (Lipinski definition) is 1. The second-order valence-corrected chi connectivity index (χ2v) is 6.24. The van der Waals surface area contributed by atoms with Crippen molar-refractivity contribution in [2.45, 2.75) is 13.8 Å². The van der Waals surface area contributed by atoms with Crippen molar-refractivity contribution >= 4 is 34.6 Å². The van der Waals surface area contributed by atoms with E-state index in [1.807, 2.05) is 49.4 Å². The summed E-state index contributed by atoms with van der Waals surface area (Å²) in [6.07, 6.45) is 1.98. The number of aryl methyl sites for hydroxylation is 2. The third-order valence-electron chi connectivity index (χ3n) is 3.31. The standard InChI is InChI=1S/C18H16N2OS/c1-12-3-7-14(8-4-12)11-16-17(20-18(21)22-16)19-15-9-5-13(2)6-10-15/h3-11H,1-2H3,(H,19,20,21). The SMILES string of the molecule is Cc1ccc(C=C2SC(=O)NC2=Nc2ccc(C)cc2)cc1. The minimum atomic E-state index is -0.0933. The summed E-state index contributed by atoms with van der Waals surface area (Å²) < 4.78 is 0. The van der Waals surface area contributed by atoms with Gasteiger partial charge in [0.1, 0.15) is 5.84 Å². The van der Waals surface area contributed by atoms with Gasteiger partial charge in [0, 0.05) is 0 Å². The van der Waals surface area contributed by atoms with Crippen LogP contribution < -0.4 is 5.32 Å². The van der Waals surface area contributed by atoms with Crippen molar-refractivity contribution in [2.24, 2.45) is 4.99 Å². The number of benzene rings is 2. The molecule has 0 aliphatic carbocycles. The lowest BCUT2D eigenvalue weighted by Gasteiger charge is -2.01. The normalized spacial score (nSPS) is 18.0. The summed E-state index contributed by atoms with van der Waals surface area (Å²) in [5.41, 5.74) is 4.28. The van der Waals surface area contributed by atoms with Crippen LogP contribution in [-0.4, -0.2) is 11.1 Å². The monoisotopic (exact) mass is 308 g/mol. The van der Waals surface area contributed by atoms with Crippen LogP contribution in [0.15, 0.2) is 58.4 Å². The number of amidine groups is 1. The van der Waals surface area contributed by atoms with Gasteiger partial charge in [0.2, 0.25) is 0 Å². The van der Waals surface area contributed by atoms with Gasteiger partial charge in [0.05, 0.1) is 10.6 Å². The Hall–Kier alpha value is -2.33. The number of amides is 1. The third-order valence-corrected chi connectivity index (χ3v) is 4.13. The molecule has 22 heavy (non-hydrogen) atoms. The van der Waals surface area contributed by atoms with Gasteiger partial charge < -0.3 is 5.32 Å². The summed E-state index contributed by atoms with van der Waals surface area (Å²) in [6, 6.07) is 16.1. The maximum Gasteiger partial charge on any atom is 0.289 e. The highest BCUT2D eigenvalue weighted by atomic mass is 32.2. The van der Waals surface area contributed by atoms with Gasteiger partial charge >= 0.3 is 0 Å². The quantitative estimate of drug-likeness (QED) is 0.863. The summed E-state index contributed by atoms with van der Waals surface area (Å²) in [6.45, 7) is 4.09. The minimum absolute atomic E-state index is 0.0933. The summed E-state index contributed by atoms with van der Waals surface area (Å²) in [7, 11) is 0. The molecule has 1 N–H and O–H groups in total. The Morgan fingerprint density at radius 2 is 1.55 bits per heavy atom. The highest BCUT2D eigenvalue weighted by Gasteiger charge is 2.23. The molecule has 0 aromatic heterocycles. The molecular formula is C18H16N2OS. The lowest BCUT2D eigenvalue weighted by atomic mass is 10.1. The largest absolute Gasteiger partial charge is 0.300 e. The van der Waals surface area contributed by atoms with Gasteiger partial charge in [0.15, 0.2) is 0 Å². The Morgan fingerprint density at radius 3 is 2.18 bits per heavy atom. The van der Waals surface area contributed by atoms with Gasteiger partial charge in [-0.3, -0.25) is 4.79 Å². The number of aliphatic imine (C=N–C) groups is 1. The number of nitrogens with zero attached hydrogens (tertiary/aromatic N) is 1. The molecule has 1 heterocycles. The number of hydrogen-bond acceptors (Lipinski definition) is 3. The fourth-order valence-corrected chi connectivity index (χ4v) is 2.81. The van der Waals surface area contributed by atoms with E-state index in [0.29, 0.717) is 5.84 Å². The predicted octanol–water partition coefficient (Wildman–Crippen LogP) is 4.83. The Labute approximate surface area is 134 Å². The average Bonchev–Trinajstić information content (AvgIpc) is 2.83. The molecule has 1 aliphatic rings. The van der Waals surface area contributed by atoms with Crippen LogP contribution in [-0.2, 0) is 0 Å². The Morgan fingerprint density at radius 1 is 0.955 bits per heavy atom. The van der Waals surface area contributed by atoms with E-state index in [1.54, 1.807) is 0 Å². The molecule has 3 nitrogen and oxygen atoms in total. The average molecular weight is 308 g/mol. The molecule has 110 valence electrons. The fourth-order valence-electron chi connectivity index (χ4n) is 2.08. The first-order chi connectivity index (χ1) is 10.6. The first-order valence-electron chi connectivity index (χ1n) is 7.03. The van der Waals surface area contributed by atoms with Crippen molar-refractivity contribution in [1.29, 1.82) is 0 Å². The Bertz CT molecular complexity index is 693. The van der Waals surface area contributed by atoms with E-state index in [0.717, 1.165) is 16.2 Å². The van der Waals surface area contributed by atoms with Crippen LogP contribution in [0.5, 0.6) is 0 Å². The van der Waals surface area contributed by atoms with Crippen molar-refractivity contribution in [2.75, 3.05) is 0 Å².